The minimum atomic E-state index is -0.178. The summed E-state index contributed by atoms with van der Waals surface area (Å²) in [5.74, 6) is 0.600. The van der Waals surface area contributed by atoms with Crippen LogP contribution < -0.4 is 5.32 Å². The number of halogens is 1. The molecule has 1 rings (SSSR count). The first-order chi connectivity index (χ1) is 8.20. The molecule has 17 heavy (non-hydrogen) atoms. The number of ether oxygens (including phenoxy) is 1. The van der Waals surface area contributed by atoms with Crippen LogP contribution in [0, 0.1) is 11.7 Å². The van der Waals surface area contributed by atoms with Crippen LogP contribution in [0.25, 0.3) is 0 Å². The second-order valence-electron chi connectivity index (χ2n) is 4.09. The largest absolute Gasteiger partial charge is 0.385 e. The van der Waals surface area contributed by atoms with Crippen molar-refractivity contribution in [2.24, 2.45) is 5.92 Å². The smallest absolute Gasteiger partial charge is 0.123 e. The molecule has 1 aromatic carbocycles. The van der Waals surface area contributed by atoms with Crippen LogP contribution in [-0.2, 0) is 4.74 Å². The van der Waals surface area contributed by atoms with E-state index in [1.807, 2.05) is 7.05 Å². The Morgan fingerprint density at radius 2 is 1.94 bits per heavy atom. The van der Waals surface area contributed by atoms with Gasteiger partial charge in [0.15, 0.2) is 0 Å². The van der Waals surface area contributed by atoms with Crippen molar-refractivity contribution in [3.63, 3.8) is 0 Å². The molecule has 0 saturated heterocycles. The molecule has 0 saturated carbocycles. The molecule has 1 aromatic rings. The highest BCUT2D eigenvalue weighted by molar-refractivity contribution is 5.02. The van der Waals surface area contributed by atoms with Gasteiger partial charge in [0, 0.05) is 13.7 Å². The molecule has 2 nitrogen and oxygen atoms in total. The zero-order valence-electron chi connectivity index (χ0n) is 11.1. The van der Waals surface area contributed by atoms with Crippen LogP contribution in [0.1, 0.15) is 19.8 Å². The SMILES string of the molecule is CNCC(C)CCCOC.Fc1ccccc1. The second-order valence-corrected chi connectivity index (χ2v) is 4.09. The highest BCUT2D eigenvalue weighted by Gasteiger charge is 1.98. The van der Waals surface area contributed by atoms with Gasteiger partial charge >= 0.3 is 0 Å². The van der Waals surface area contributed by atoms with Crippen molar-refractivity contribution in [3.05, 3.63) is 36.1 Å². The summed E-state index contributed by atoms with van der Waals surface area (Å²) in [6.07, 6.45) is 2.44. The lowest BCUT2D eigenvalue weighted by atomic mass is 10.1. The molecule has 98 valence electrons. The maximum atomic E-state index is 11.9. The van der Waals surface area contributed by atoms with Crippen molar-refractivity contribution in [1.82, 2.24) is 5.32 Å². The number of hydrogen-bond acceptors (Lipinski definition) is 2. The van der Waals surface area contributed by atoms with Gasteiger partial charge in [-0.15, -0.1) is 0 Å². The molecule has 0 aliphatic heterocycles. The van der Waals surface area contributed by atoms with E-state index in [9.17, 15) is 4.39 Å². The summed E-state index contributed by atoms with van der Waals surface area (Å²) in [6, 6.07) is 7.94. The number of nitrogens with one attached hydrogen (secondary N) is 1. The summed E-state index contributed by atoms with van der Waals surface area (Å²) < 4.78 is 16.9. The van der Waals surface area contributed by atoms with Gasteiger partial charge in [0.2, 0.25) is 0 Å². The molecule has 3 heteroatoms. The Morgan fingerprint density at radius 3 is 2.35 bits per heavy atom. The standard InChI is InChI=1S/C8H19NO.C6H5F/c1-8(7-9-2)5-4-6-10-3;7-6-4-2-1-3-5-6/h8-9H,4-7H2,1-3H3;1-5H. The highest BCUT2D eigenvalue weighted by atomic mass is 19.1. The molecule has 0 bridgehead atoms. The van der Waals surface area contributed by atoms with E-state index in [0.717, 1.165) is 19.1 Å². The number of rotatable bonds is 6. The van der Waals surface area contributed by atoms with E-state index in [4.69, 9.17) is 4.74 Å². The van der Waals surface area contributed by atoms with Crippen molar-refractivity contribution in [2.45, 2.75) is 19.8 Å². The Kier molecular flexibility index (Phi) is 10.9. The lowest BCUT2D eigenvalue weighted by Crippen LogP contribution is -2.16. The van der Waals surface area contributed by atoms with Gasteiger partial charge < -0.3 is 10.1 Å². The summed E-state index contributed by atoms with van der Waals surface area (Å²) in [5.41, 5.74) is 0. The fraction of sp³-hybridized carbons (Fsp3) is 0.571. The molecule has 0 aliphatic rings. The third kappa shape index (κ3) is 11.3. The second kappa shape index (κ2) is 11.6. The normalized spacial score (nSPS) is 11.5. The minimum Gasteiger partial charge on any atom is -0.385 e. The van der Waals surface area contributed by atoms with Crippen LogP contribution in [0.15, 0.2) is 30.3 Å². The third-order valence-electron chi connectivity index (χ3n) is 2.33. The molecule has 0 radical (unpaired) electrons. The topological polar surface area (TPSA) is 21.3 Å². The molecule has 0 fully saturated rings. The van der Waals surface area contributed by atoms with Crippen molar-refractivity contribution < 1.29 is 9.13 Å². The molecular weight excluding hydrogens is 217 g/mol. The Labute approximate surface area is 104 Å². The molecule has 0 heterocycles. The van der Waals surface area contributed by atoms with Crippen molar-refractivity contribution >= 4 is 0 Å². The van der Waals surface area contributed by atoms with Gasteiger partial charge in [0.05, 0.1) is 0 Å². The van der Waals surface area contributed by atoms with Crippen LogP contribution >= 0.6 is 0 Å². The van der Waals surface area contributed by atoms with Gasteiger partial charge in [-0.25, -0.2) is 4.39 Å². The van der Waals surface area contributed by atoms with Crippen molar-refractivity contribution in [1.29, 1.82) is 0 Å². The highest BCUT2D eigenvalue weighted by Crippen LogP contribution is 2.02. The third-order valence-corrected chi connectivity index (χ3v) is 2.33. The van der Waals surface area contributed by atoms with Crippen LogP contribution in [0.2, 0.25) is 0 Å². The average Bonchev–Trinajstić information content (AvgIpc) is 2.31. The Morgan fingerprint density at radius 1 is 1.29 bits per heavy atom. The number of methoxy groups -OCH3 is 1. The zero-order valence-corrected chi connectivity index (χ0v) is 11.1. The van der Waals surface area contributed by atoms with Crippen molar-refractivity contribution in [3.8, 4) is 0 Å². The summed E-state index contributed by atoms with van der Waals surface area (Å²) in [5, 5.41) is 3.15. The van der Waals surface area contributed by atoms with Gasteiger partial charge in [-0.05, 0) is 44.5 Å². The van der Waals surface area contributed by atoms with Gasteiger partial charge in [-0.2, -0.15) is 0 Å². The predicted octanol–water partition coefficient (Wildman–Crippen LogP) is 3.09. The maximum absolute atomic E-state index is 11.9. The number of benzene rings is 1. The summed E-state index contributed by atoms with van der Waals surface area (Å²) in [4.78, 5) is 0. The molecule has 0 aliphatic carbocycles. The van der Waals surface area contributed by atoms with Gasteiger partial charge in [0.25, 0.3) is 0 Å². The molecule has 0 spiro atoms. The quantitative estimate of drug-likeness (QED) is 0.773. The lowest BCUT2D eigenvalue weighted by Gasteiger charge is -2.08. The van der Waals surface area contributed by atoms with Crippen LogP contribution in [0.5, 0.6) is 0 Å². The van der Waals surface area contributed by atoms with E-state index in [-0.39, 0.29) is 5.82 Å². The van der Waals surface area contributed by atoms with E-state index >= 15 is 0 Å². The monoisotopic (exact) mass is 241 g/mol. The Bertz CT molecular complexity index is 254. The molecular formula is C14H24FNO. The molecule has 0 aromatic heterocycles. The minimum absolute atomic E-state index is 0.178. The van der Waals surface area contributed by atoms with E-state index in [0.29, 0.717) is 0 Å². The lowest BCUT2D eigenvalue weighted by molar-refractivity contribution is 0.187. The van der Waals surface area contributed by atoms with Crippen LogP contribution in [0.4, 0.5) is 4.39 Å². The average molecular weight is 241 g/mol. The first-order valence-corrected chi connectivity index (χ1v) is 6.04. The Balaban J connectivity index is 0.000000318. The van der Waals surface area contributed by atoms with E-state index in [1.54, 1.807) is 25.3 Å². The number of hydrogen-bond donors (Lipinski definition) is 1. The Hall–Kier alpha value is -0.930. The molecule has 1 N–H and O–H groups in total. The summed E-state index contributed by atoms with van der Waals surface area (Å²) >= 11 is 0. The first kappa shape index (κ1) is 16.1. The van der Waals surface area contributed by atoms with E-state index in [1.165, 1.54) is 25.0 Å². The molecule has 0 amide bonds. The maximum Gasteiger partial charge on any atom is 0.123 e. The van der Waals surface area contributed by atoms with Gasteiger partial charge in [-0.3, -0.25) is 0 Å². The molecule has 1 unspecified atom stereocenters. The van der Waals surface area contributed by atoms with E-state index < -0.39 is 0 Å². The fourth-order valence-electron chi connectivity index (χ4n) is 1.44. The molecule has 1 atom stereocenters. The van der Waals surface area contributed by atoms with Crippen molar-refractivity contribution in [2.75, 3.05) is 27.3 Å². The van der Waals surface area contributed by atoms with E-state index in [2.05, 4.69) is 12.2 Å². The zero-order chi connectivity index (χ0) is 12.9. The van der Waals surface area contributed by atoms with Gasteiger partial charge in [0.1, 0.15) is 5.82 Å². The fourth-order valence-corrected chi connectivity index (χ4v) is 1.44. The first-order valence-electron chi connectivity index (χ1n) is 6.04. The van der Waals surface area contributed by atoms with Gasteiger partial charge in [-0.1, -0.05) is 25.1 Å². The van der Waals surface area contributed by atoms with Crippen LogP contribution in [0.3, 0.4) is 0 Å². The summed E-state index contributed by atoms with van der Waals surface area (Å²) in [7, 11) is 3.75. The van der Waals surface area contributed by atoms with Crippen LogP contribution in [-0.4, -0.2) is 27.3 Å². The predicted molar refractivity (Wildman–Crippen MR) is 70.6 cm³/mol. The summed E-state index contributed by atoms with van der Waals surface area (Å²) in [6.45, 7) is 4.27.